The maximum atomic E-state index is 12.9. The highest BCUT2D eigenvalue weighted by atomic mass is 16.2. The Bertz CT molecular complexity index is 948. The molecule has 1 N–H and O–H groups in total. The molecule has 1 aromatic heterocycles. The Kier molecular flexibility index (Phi) is 6.03. The summed E-state index contributed by atoms with van der Waals surface area (Å²) in [6, 6.07) is 7.12. The number of imidazole rings is 1. The molecule has 2 fully saturated rings. The SMILES string of the molecule is Cc1c[nH]c(=O)n1-c1ccc(C(=O)N2CCN(CC(=O)N3CCCCC3)CC2)cc1. The van der Waals surface area contributed by atoms with Gasteiger partial charge >= 0.3 is 5.69 Å². The minimum absolute atomic E-state index is 0.0123. The summed E-state index contributed by atoms with van der Waals surface area (Å²) in [4.78, 5) is 45.9. The van der Waals surface area contributed by atoms with E-state index in [2.05, 4.69) is 9.88 Å². The number of carbonyl (C=O) groups excluding carboxylic acids is 2. The summed E-state index contributed by atoms with van der Waals surface area (Å²) < 4.78 is 1.58. The number of nitrogens with zero attached hydrogens (tertiary/aromatic N) is 4. The van der Waals surface area contributed by atoms with Crippen molar-refractivity contribution >= 4 is 11.8 Å². The van der Waals surface area contributed by atoms with Crippen LogP contribution in [0.4, 0.5) is 0 Å². The zero-order chi connectivity index (χ0) is 21.1. The highest BCUT2D eigenvalue weighted by molar-refractivity contribution is 5.94. The molecular formula is C22H29N5O3. The maximum absolute atomic E-state index is 12.9. The van der Waals surface area contributed by atoms with Gasteiger partial charge < -0.3 is 14.8 Å². The molecule has 0 unspecified atom stereocenters. The van der Waals surface area contributed by atoms with Crippen LogP contribution >= 0.6 is 0 Å². The number of aromatic amines is 1. The van der Waals surface area contributed by atoms with Crippen molar-refractivity contribution in [2.75, 3.05) is 45.8 Å². The minimum atomic E-state index is -0.193. The molecule has 8 nitrogen and oxygen atoms in total. The van der Waals surface area contributed by atoms with Gasteiger partial charge in [-0.25, -0.2) is 4.79 Å². The minimum Gasteiger partial charge on any atom is -0.342 e. The predicted molar refractivity (Wildman–Crippen MR) is 114 cm³/mol. The van der Waals surface area contributed by atoms with Crippen LogP contribution < -0.4 is 5.69 Å². The monoisotopic (exact) mass is 411 g/mol. The summed E-state index contributed by atoms with van der Waals surface area (Å²) in [5.74, 6) is 0.196. The number of piperazine rings is 1. The van der Waals surface area contributed by atoms with E-state index in [-0.39, 0.29) is 17.5 Å². The standard InChI is InChI=1S/C22H29N5O3/c1-17-15-23-22(30)27(17)19-7-5-18(6-8-19)21(29)26-13-11-24(12-14-26)16-20(28)25-9-3-2-4-10-25/h5-8,15H,2-4,9-14,16H2,1H3,(H,23,30). The molecule has 2 aliphatic rings. The molecular weight excluding hydrogens is 382 g/mol. The van der Waals surface area contributed by atoms with Crippen molar-refractivity contribution in [3.63, 3.8) is 0 Å². The molecule has 0 saturated carbocycles. The number of likely N-dealkylation sites (tertiary alicyclic amines) is 1. The van der Waals surface area contributed by atoms with E-state index in [1.54, 1.807) is 35.0 Å². The zero-order valence-electron chi connectivity index (χ0n) is 17.5. The molecule has 3 heterocycles. The normalized spacial score (nSPS) is 17.9. The van der Waals surface area contributed by atoms with Crippen molar-refractivity contribution in [2.45, 2.75) is 26.2 Å². The van der Waals surface area contributed by atoms with E-state index < -0.39 is 0 Å². The highest BCUT2D eigenvalue weighted by Crippen LogP contribution is 2.14. The Labute approximate surface area is 176 Å². The van der Waals surface area contributed by atoms with Crippen molar-refractivity contribution < 1.29 is 9.59 Å². The first-order valence-electron chi connectivity index (χ1n) is 10.7. The second kappa shape index (κ2) is 8.87. The van der Waals surface area contributed by atoms with E-state index >= 15 is 0 Å². The van der Waals surface area contributed by atoms with Gasteiger partial charge in [-0.3, -0.25) is 19.1 Å². The molecule has 1 aromatic carbocycles. The van der Waals surface area contributed by atoms with E-state index in [1.807, 2.05) is 16.7 Å². The van der Waals surface area contributed by atoms with Gasteiger partial charge in [0.25, 0.3) is 5.91 Å². The Morgan fingerprint density at radius 2 is 1.57 bits per heavy atom. The number of H-pyrrole nitrogens is 1. The lowest BCUT2D eigenvalue weighted by Crippen LogP contribution is -2.52. The average molecular weight is 412 g/mol. The van der Waals surface area contributed by atoms with E-state index in [1.165, 1.54) is 6.42 Å². The van der Waals surface area contributed by atoms with Crippen molar-refractivity contribution in [3.05, 3.63) is 52.2 Å². The van der Waals surface area contributed by atoms with Crippen molar-refractivity contribution in [1.29, 1.82) is 0 Å². The fourth-order valence-electron chi connectivity index (χ4n) is 4.26. The van der Waals surface area contributed by atoms with E-state index in [0.717, 1.165) is 37.3 Å². The van der Waals surface area contributed by atoms with Crippen molar-refractivity contribution in [2.24, 2.45) is 0 Å². The van der Waals surface area contributed by atoms with Crippen LogP contribution in [0.3, 0.4) is 0 Å². The molecule has 2 aliphatic heterocycles. The molecule has 160 valence electrons. The molecule has 0 radical (unpaired) electrons. The maximum Gasteiger partial charge on any atom is 0.330 e. The average Bonchev–Trinajstić information content (AvgIpc) is 3.12. The highest BCUT2D eigenvalue weighted by Gasteiger charge is 2.25. The number of benzene rings is 1. The third kappa shape index (κ3) is 4.33. The summed E-state index contributed by atoms with van der Waals surface area (Å²) in [6.45, 7) is 6.70. The molecule has 2 saturated heterocycles. The van der Waals surface area contributed by atoms with Crippen LogP contribution in [0.2, 0.25) is 0 Å². The molecule has 0 bridgehead atoms. The van der Waals surface area contributed by atoms with Gasteiger partial charge in [-0.2, -0.15) is 0 Å². The quantitative estimate of drug-likeness (QED) is 0.821. The van der Waals surface area contributed by atoms with Crippen LogP contribution in [0.5, 0.6) is 0 Å². The molecule has 0 aliphatic carbocycles. The summed E-state index contributed by atoms with van der Waals surface area (Å²) >= 11 is 0. The van der Waals surface area contributed by atoms with Gasteiger partial charge in [0.15, 0.2) is 0 Å². The van der Waals surface area contributed by atoms with Crippen molar-refractivity contribution in [1.82, 2.24) is 24.3 Å². The number of nitrogens with one attached hydrogen (secondary N) is 1. The first kappa shape index (κ1) is 20.4. The van der Waals surface area contributed by atoms with Crippen molar-refractivity contribution in [3.8, 4) is 5.69 Å². The summed E-state index contributed by atoms with van der Waals surface area (Å²) in [6.07, 6.45) is 5.08. The number of aryl methyl sites for hydroxylation is 1. The molecule has 0 spiro atoms. The second-order valence-corrected chi connectivity index (χ2v) is 8.13. The van der Waals surface area contributed by atoms with E-state index in [4.69, 9.17) is 0 Å². The fraction of sp³-hybridized carbons (Fsp3) is 0.500. The van der Waals surface area contributed by atoms with Crippen LogP contribution in [0, 0.1) is 6.92 Å². The third-order valence-corrected chi connectivity index (χ3v) is 6.06. The molecule has 0 atom stereocenters. The van der Waals surface area contributed by atoms with Gasteiger partial charge in [-0.1, -0.05) is 0 Å². The van der Waals surface area contributed by atoms with Gasteiger partial charge in [0.2, 0.25) is 5.91 Å². The summed E-state index contributed by atoms with van der Waals surface area (Å²) in [7, 11) is 0. The van der Waals surface area contributed by atoms with Gasteiger partial charge in [0, 0.05) is 56.7 Å². The lowest BCUT2D eigenvalue weighted by atomic mass is 10.1. The number of hydrogen-bond acceptors (Lipinski definition) is 4. The molecule has 8 heteroatoms. The lowest BCUT2D eigenvalue weighted by Gasteiger charge is -2.36. The smallest absolute Gasteiger partial charge is 0.330 e. The first-order chi connectivity index (χ1) is 14.5. The zero-order valence-corrected chi connectivity index (χ0v) is 17.5. The third-order valence-electron chi connectivity index (χ3n) is 6.06. The number of rotatable bonds is 4. The summed E-state index contributed by atoms with van der Waals surface area (Å²) in [5, 5.41) is 0. The number of hydrogen-bond donors (Lipinski definition) is 1. The number of carbonyl (C=O) groups is 2. The Hall–Kier alpha value is -2.87. The molecule has 2 amide bonds. The predicted octanol–water partition coefficient (Wildman–Crippen LogP) is 1.24. The Balaban J connectivity index is 1.32. The Morgan fingerprint density at radius 1 is 0.900 bits per heavy atom. The Morgan fingerprint density at radius 3 is 2.17 bits per heavy atom. The number of piperidine rings is 1. The number of amides is 2. The molecule has 2 aromatic rings. The van der Waals surface area contributed by atoms with Crippen LogP contribution in [0.15, 0.2) is 35.3 Å². The van der Waals surface area contributed by atoms with Gasteiger partial charge in [-0.05, 0) is 50.5 Å². The lowest BCUT2D eigenvalue weighted by molar-refractivity contribution is -0.133. The molecule has 30 heavy (non-hydrogen) atoms. The first-order valence-corrected chi connectivity index (χ1v) is 10.7. The van der Waals surface area contributed by atoms with E-state index in [0.29, 0.717) is 38.3 Å². The van der Waals surface area contributed by atoms with Crippen LogP contribution in [0.25, 0.3) is 5.69 Å². The van der Waals surface area contributed by atoms with Crippen LogP contribution in [0.1, 0.15) is 35.3 Å². The topological polar surface area (TPSA) is 81.6 Å². The van der Waals surface area contributed by atoms with Gasteiger partial charge in [0.05, 0.1) is 12.2 Å². The van der Waals surface area contributed by atoms with Gasteiger partial charge in [-0.15, -0.1) is 0 Å². The van der Waals surface area contributed by atoms with Gasteiger partial charge in [0.1, 0.15) is 0 Å². The van der Waals surface area contributed by atoms with E-state index in [9.17, 15) is 14.4 Å². The fourth-order valence-corrected chi connectivity index (χ4v) is 4.26. The van der Waals surface area contributed by atoms with Crippen LogP contribution in [-0.4, -0.2) is 81.9 Å². The number of aromatic nitrogens is 2. The summed E-state index contributed by atoms with van der Waals surface area (Å²) in [5.41, 5.74) is 1.96. The second-order valence-electron chi connectivity index (χ2n) is 8.13. The molecule has 4 rings (SSSR count). The van der Waals surface area contributed by atoms with Crippen LogP contribution in [-0.2, 0) is 4.79 Å². The largest absolute Gasteiger partial charge is 0.342 e.